The summed E-state index contributed by atoms with van der Waals surface area (Å²) < 4.78 is 27.8. The monoisotopic (exact) mass is 367 g/mol. The SMILES string of the molecule is Fc1cc(-n2ccnc2)ccc1OCc1cccc(OC2CCNCC2)c1. The molecule has 5 nitrogen and oxygen atoms in total. The summed E-state index contributed by atoms with van der Waals surface area (Å²) in [6.07, 6.45) is 7.31. The van der Waals surface area contributed by atoms with Crippen molar-refractivity contribution in [1.82, 2.24) is 14.9 Å². The van der Waals surface area contributed by atoms with Gasteiger partial charge in [0.15, 0.2) is 11.6 Å². The molecule has 1 fully saturated rings. The summed E-state index contributed by atoms with van der Waals surface area (Å²) in [5, 5.41) is 3.33. The molecule has 4 rings (SSSR count). The lowest BCUT2D eigenvalue weighted by atomic mass is 10.1. The predicted molar refractivity (Wildman–Crippen MR) is 101 cm³/mol. The lowest BCUT2D eigenvalue weighted by molar-refractivity contribution is 0.162. The summed E-state index contributed by atoms with van der Waals surface area (Å²) in [6.45, 7) is 2.26. The number of aromatic nitrogens is 2. The van der Waals surface area contributed by atoms with Crippen LogP contribution in [0.15, 0.2) is 61.2 Å². The van der Waals surface area contributed by atoms with Gasteiger partial charge in [-0.05, 0) is 55.8 Å². The maximum atomic E-state index is 14.3. The zero-order valence-electron chi connectivity index (χ0n) is 15.0. The molecule has 1 aliphatic heterocycles. The van der Waals surface area contributed by atoms with Crippen LogP contribution in [-0.2, 0) is 6.61 Å². The third-order valence-electron chi connectivity index (χ3n) is 4.60. The van der Waals surface area contributed by atoms with Crippen molar-refractivity contribution in [3.63, 3.8) is 0 Å². The van der Waals surface area contributed by atoms with Crippen molar-refractivity contribution in [2.24, 2.45) is 0 Å². The number of ether oxygens (including phenoxy) is 2. The van der Waals surface area contributed by atoms with Crippen molar-refractivity contribution in [2.75, 3.05) is 13.1 Å². The third-order valence-corrected chi connectivity index (χ3v) is 4.60. The van der Waals surface area contributed by atoms with Crippen LogP contribution in [0, 0.1) is 5.82 Å². The van der Waals surface area contributed by atoms with E-state index in [9.17, 15) is 4.39 Å². The molecular weight excluding hydrogens is 345 g/mol. The molecule has 1 aromatic heterocycles. The first-order valence-corrected chi connectivity index (χ1v) is 9.15. The fraction of sp³-hybridized carbons (Fsp3) is 0.286. The molecule has 1 saturated heterocycles. The molecule has 0 amide bonds. The van der Waals surface area contributed by atoms with Crippen LogP contribution in [0.4, 0.5) is 4.39 Å². The molecule has 27 heavy (non-hydrogen) atoms. The van der Waals surface area contributed by atoms with Crippen LogP contribution in [0.5, 0.6) is 11.5 Å². The van der Waals surface area contributed by atoms with E-state index in [1.54, 1.807) is 35.4 Å². The lowest BCUT2D eigenvalue weighted by Crippen LogP contribution is -2.34. The topological polar surface area (TPSA) is 48.3 Å². The van der Waals surface area contributed by atoms with Gasteiger partial charge in [0.05, 0.1) is 6.33 Å². The molecule has 0 spiro atoms. The van der Waals surface area contributed by atoms with Crippen molar-refractivity contribution in [3.05, 3.63) is 72.6 Å². The average Bonchev–Trinajstić information content (AvgIpc) is 3.23. The maximum absolute atomic E-state index is 14.3. The van der Waals surface area contributed by atoms with Gasteiger partial charge in [-0.3, -0.25) is 0 Å². The number of nitrogens with one attached hydrogen (secondary N) is 1. The summed E-state index contributed by atoms with van der Waals surface area (Å²) in [7, 11) is 0. The van der Waals surface area contributed by atoms with E-state index in [4.69, 9.17) is 9.47 Å². The molecule has 2 aromatic carbocycles. The highest BCUT2D eigenvalue weighted by Crippen LogP contribution is 2.23. The fourth-order valence-corrected chi connectivity index (χ4v) is 3.15. The van der Waals surface area contributed by atoms with E-state index in [0.29, 0.717) is 5.69 Å². The largest absolute Gasteiger partial charge is 0.490 e. The van der Waals surface area contributed by atoms with Crippen LogP contribution < -0.4 is 14.8 Å². The Morgan fingerprint density at radius 1 is 1.15 bits per heavy atom. The summed E-state index contributed by atoms with van der Waals surface area (Å²) >= 11 is 0. The Kier molecular flexibility index (Phi) is 5.34. The summed E-state index contributed by atoms with van der Waals surface area (Å²) in [5.41, 5.74) is 1.65. The Morgan fingerprint density at radius 2 is 2.04 bits per heavy atom. The van der Waals surface area contributed by atoms with Gasteiger partial charge in [0, 0.05) is 24.1 Å². The molecule has 0 unspecified atom stereocenters. The smallest absolute Gasteiger partial charge is 0.167 e. The van der Waals surface area contributed by atoms with Crippen molar-refractivity contribution in [3.8, 4) is 17.2 Å². The van der Waals surface area contributed by atoms with Crippen LogP contribution in [0.25, 0.3) is 5.69 Å². The first kappa shape index (κ1) is 17.5. The maximum Gasteiger partial charge on any atom is 0.167 e. The molecule has 0 saturated carbocycles. The van der Waals surface area contributed by atoms with E-state index in [1.807, 2.05) is 24.3 Å². The second-order valence-electron chi connectivity index (χ2n) is 6.59. The number of halogens is 1. The van der Waals surface area contributed by atoms with Crippen molar-refractivity contribution < 1.29 is 13.9 Å². The van der Waals surface area contributed by atoms with Crippen LogP contribution in [0.2, 0.25) is 0 Å². The molecule has 2 heterocycles. The van der Waals surface area contributed by atoms with Gasteiger partial charge in [0.1, 0.15) is 18.5 Å². The first-order chi connectivity index (χ1) is 13.3. The van der Waals surface area contributed by atoms with Gasteiger partial charge in [-0.2, -0.15) is 0 Å². The van der Waals surface area contributed by atoms with Gasteiger partial charge >= 0.3 is 0 Å². The minimum absolute atomic E-state index is 0.226. The van der Waals surface area contributed by atoms with Crippen molar-refractivity contribution in [1.29, 1.82) is 0 Å². The molecule has 1 aliphatic rings. The Labute approximate surface area is 157 Å². The highest BCUT2D eigenvalue weighted by atomic mass is 19.1. The van der Waals surface area contributed by atoms with E-state index in [1.165, 1.54) is 6.07 Å². The van der Waals surface area contributed by atoms with Gasteiger partial charge in [0.25, 0.3) is 0 Å². The second kappa shape index (κ2) is 8.22. The van der Waals surface area contributed by atoms with Crippen LogP contribution in [0.3, 0.4) is 0 Å². The molecule has 0 bridgehead atoms. The highest BCUT2D eigenvalue weighted by Gasteiger charge is 2.14. The van der Waals surface area contributed by atoms with Crippen LogP contribution in [-0.4, -0.2) is 28.7 Å². The minimum atomic E-state index is -0.400. The Hall–Kier alpha value is -2.86. The zero-order chi connectivity index (χ0) is 18.5. The molecular formula is C21H22FN3O2. The van der Waals surface area contributed by atoms with E-state index >= 15 is 0 Å². The summed E-state index contributed by atoms with van der Waals surface area (Å²) in [4.78, 5) is 3.97. The lowest BCUT2D eigenvalue weighted by Gasteiger charge is -2.24. The standard InChI is InChI=1S/C21H22FN3O2/c22-20-13-17(25-11-10-24-15-25)4-5-21(20)26-14-16-2-1-3-19(12-16)27-18-6-8-23-9-7-18/h1-5,10-13,15,18,23H,6-9,14H2. The predicted octanol–water partition coefficient (Wildman–Crippen LogP) is 3.72. The molecule has 140 valence electrons. The zero-order valence-corrected chi connectivity index (χ0v) is 15.0. The highest BCUT2D eigenvalue weighted by molar-refractivity contribution is 5.39. The normalized spacial score (nSPS) is 14.9. The van der Waals surface area contributed by atoms with Gasteiger partial charge in [-0.25, -0.2) is 9.37 Å². The minimum Gasteiger partial charge on any atom is -0.490 e. The van der Waals surface area contributed by atoms with E-state index < -0.39 is 5.82 Å². The molecule has 0 radical (unpaired) electrons. The second-order valence-corrected chi connectivity index (χ2v) is 6.59. The number of imidazole rings is 1. The number of nitrogens with zero attached hydrogens (tertiary/aromatic N) is 2. The van der Waals surface area contributed by atoms with Crippen molar-refractivity contribution >= 4 is 0 Å². The molecule has 3 aromatic rings. The fourth-order valence-electron chi connectivity index (χ4n) is 3.15. The number of hydrogen-bond donors (Lipinski definition) is 1. The van der Waals surface area contributed by atoms with Crippen molar-refractivity contribution in [2.45, 2.75) is 25.6 Å². The van der Waals surface area contributed by atoms with Gasteiger partial charge in [-0.1, -0.05) is 12.1 Å². The summed E-state index contributed by atoms with van der Waals surface area (Å²) in [5.74, 6) is 0.658. The van der Waals surface area contributed by atoms with Gasteiger partial charge in [0.2, 0.25) is 0 Å². The molecule has 1 N–H and O–H groups in total. The van der Waals surface area contributed by atoms with Crippen LogP contribution >= 0.6 is 0 Å². The molecule has 0 aliphatic carbocycles. The van der Waals surface area contributed by atoms with Gasteiger partial charge in [-0.15, -0.1) is 0 Å². The Morgan fingerprint density at radius 3 is 2.81 bits per heavy atom. The number of hydrogen-bond acceptors (Lipinski definition) is 4. The van der Waals surface area contributed by atoms with Gasteiger partial charge < -0.3 is 19.4 Å². The van der Waals surface area contributed by atoms with Crippen LogP contribution in [0.1, 0.15) is 18.4 Å². The third kappa shape index (κ3) is 4.46. The number of rotatable bonds is 6. The number of piperidine rings is 1. The van der Waals surface area contributed by atoms with E-state index in [0.717, 1.165) is 37.2 Å². The number of benzene rings is 2. The molecule has 0 atom stereocenters. The Balaban J connectivity index is 1.39. The quantitative estimate of drug-likeness (QED) is 0.721. The Bertz CT molecular complexity index is 877. The molecule has 6 heteroatoms. The van der Waals surface area contributed by atoms with E-state index in [2.05, 4.69) is 10.3 Å². The first-order valence-electron chi connectivity index (χ1n) is 9.15. The summed E-state index contributed by atoms with van der Waals surface area (Å²) in [6, 6.07) is 12.7. The van der Waals surface area contributed by atoms with E-state index in [-0.39, 0.29) is 18.5 Å². The average molecular weight is 367 g/mol.